The molecule has 2 aromatic carbocycles. The summed E-state index contributed by atoms with van der Waals surface area (Å²) in [5.74, 6) is 0.962. The van der Waals surface area contributed by atoms with E-state index in [1.165, 1.54) is 16.0 Å². The molecule has 0 aliphatic heterocycles. The molecule has 2 aromatic rings. The molecule has 0 saturated heterocycles. The molecular formula is C14H14BrNS. The zero-order valence-electron chi connectivity index (χ0n) is 9.61. The first-order valence-corrected chi connectivity index (χ1v) is 7.17. The Labute approximate surface area is 115 Å². The highest BCUT2D eigenvalue weighted by molar-refractivity contribution is 9.10. The van der Waals surface area contributed by atoms with E-state index in [2.05, 4.69) is 47.1 Å². The van der Waals surface area contributed by atoms with Gasteiger partial charge in [-0.3, -0.25) is 0 Å². The van der Waals surface area contributed by atoms with Crippen LogP contribution in [0.2, 0.25) is 0 Å². The van der Waals surface area contributed by atoms with Crippen LogP contribution in [0.1, 0.15) is 11.1 Å². The molecule has 0 heterocycles. The van der Waals surface area contributed by atoms with Crippen molar-refractivity contribution in [1.82, 2.24) is 0 Å². The van der Waals surface area contributed by atoms with Crippen LogP contribution in [-0.4, -0.2) is 0 Å². The molecule has 0 bridgehead atoms. The van der Waals surface area contributed by atoms with Crippen molar-refractivity contribution in [1.29, 1.82) is 0 Å². The second-order valence-corrected chi connectivity index (χ2v) is 5.82. The van der Waals surface area contributed by atoms with Crippen LogP contribution >= 0.6 is 27.7 Å². The lowest BCUT2D eigenvalue weighted by molar-refractivity contribution is 1.29. The summed E-state index contributed by atoms with van der Waals surface area (Å²) >= 11 is 5.31. The van der Waals surface area contributed by atoms with E-state index in [9.17, 15) is 0 Å². The zero-order valence-corrected chi connectivity index (χ0v) is 12.0. The lowest BCUT2D eigenvalue weighted by atomic mass is 10.2. The Balaban J connectivity index is 2.10. The van der Waals surface area contributed by atoms with Crippen LogP contribution in [0.3, 0.4) is 0 Å². The summed E-state index contributed by atoms with van der Waals surface area (Å²) in [6.07, 6.45) is 0. The van der Waals surface area contributed by atoms with Crippen LogP contribution in [-0.2, 0) is 5.75 Å². The first-order valence-electron chi connectivity index (χ1n) is 5.39. The predicted molar refractivity (Wildman–Crippen MR) is 79.3 cm³/mol. The minimum atomic E-state index is 0.865. The first-order chi connectivity index (χ1) is 8.16. The minimum absolute atomic E-state index is 0.865. The van der Waals surface area contributed by atoms with Gasteiger partial charge in [-0.15, -0.1) is 11.8 Å². The Morgan fingerprint density at radius 1 is 1.18 bits per heavy atom. The largest absolute Gasteiger partial charge is 0.398 e. The van der Waals surface area contributed by atoms with Crippen molar-refractivity contribution in [3.63, 3.8) is 0 Å². The molecule has 0 radical (unpaired) electrons. The van der Waals surface area contributed by atoms with E-state index in [4.69, 9.17) is 5.73 Å². The van der Waals surface area contributed by atoms with E-state index in [0.29, 0.717) is 0 Å². The van der Waals surface area contributed by atoms with E-state index < -0.39 is 0 Å². The summed E-state index contributed by atoms with van der Waals surface area (Å²) in [4.78, 5) is 1.25. The van der Waals surface area contributed by atoms with E-state index >= 15 is 0 Å². The molecule has 1 nitrogen and oxygen atoms in total. The number of hydrogen-bond donors (Lipinski definition) is 1. The van der Waals surface area contributed by atoms with Gasteiger partial charge in [-0.2, -0.15) is 0 Å². The number of rotatable bonds is 3. The Kier molecular flexibility index (Phi) is 4.13. The second-order valence-electron chi connectivity index (χ2n) is 3.89. The van der Waals surface area contributed by atoms with E-state index in [0.717, 1.165) is 15.9 Å². The topological polar surface area (TPSA) is 26.0 Å². The van der Waals surface area contributed by atoms with Crippen molar-refractivity contribution in [2.75, 3.05) is 5.73 Å². The fraction of sp³-hybridized carbons (Fsp3) is 0.143. The molecule has 0 aromatic heterocycles. The van der Waals surface area contributed by atoms with Gasteiger partial charge in [-0.05, 0) is 42.3 Å². The number of nitrogen functional groups attached to an aromatic ring is 1. The summed E-state index contributed by atoms with van der Waals surface area (Å²) in [6, 6.07) is 14.5. The average Bonchev–Trinajstić information content (AvgIpc) is 2.31. The van der Waals surface area contributed by atoms with Crippen LogP contribution < -0.4 is 5.73 Å². The third-order valence-corrected chi connectivity index (χ3v) is 4.33. The van der Waals surface area contributed by atoms with Crippen molar-refractivity contribution < 1.29 is 0 Å². The van der Waals surface area contributed by atoms with Crippen molar-refractivity contribution in [3.8, 4) is 0 Å². The predicted octanol–water partition coefficient (Wildman–Crippen LogP) is 4.63. The summed E-state index contributed by atoms with van der Waals surface area (Å²) in [6.45, 7) is 2.07. The van der Waals surface area contributed by atoms with Gasteiger partial charge >= 0.3 is 0 Å². The number of benzene rings is 2. The van der Waals surface area contributed by atoms with Crippen LogP contribution in [0.4, 0.5) is 5.69 Å². The normalized spacial score (nSPS) is 10.5. The highest BCUT2D eigenvalue weighted by Gasteiger charge is 2.02. The van der Waals surface area contributed by atoms with Crippen molar-refractivity contribution in [2.45, 2.75) is 17.6 Å². The van der Waals surface area contributed by atoms with E-state index in [1.807, 2.05) is 30.0 Å². The van der Waals surface area contributed by atoms with Crippen molar-refractivity contribution >= 4 is 33.4 Å². The quantitative estimate of drug-likeness (QED) is 0.661. The van der Waals surface area contributed by atoms with Crippen LogP contribution in [0.25, 0.3) is 0 Å². The summed E-state index contributed by atoms with van der Waals surface area (Å²) in [5, 5.41) is 0. The summed E-state index contributed by atoms with van der Waals surface area (Å²) in [7, 11) is 0. The van der Waals surface area contributed by atoms with E-state index in [-0.39, 0.29) is 0 Å². The molecular weight excluding hydrogens is 294 g/mol. The highest BCUT2D eigenvalue weighted by atomic mass is 79.9. The molecule has 0 saturated carbocycles. The van der Waals surface area contributed by atoms with Gasteiger partial charge in [0.1, 0.15) is 0 Å². The fourth-order valence-electron chi connectivity index (χ4n) is 1.58. The molecule has 0 spiro atoms. The smallest absolute Gasteiger partial charge is 0.0354 e. The Bertz CT molecular complexity index is 525. The van der Waals surface area contributed by atoms with Crippen LogP contribution in [0, 0.1) is 6.92 Å². The molecule has 0 aliphatic carbocycles. The number of halogens is 1. The molecule has 0 aliphatic rings. The van der Waals surface area contributed by atoms with Gasteiger partial charge in [0.05, 0.1) is 0 Å². The maximum Gasteiger partial charge on any atom is 0.0354 e. The second kappa shape index (κ2) is 5.61. The number of thioether (sulfide) groups is 1. The van der Waals surface area contributed by atoms with Gasteiger partial charge < -0.3 is 5.73 Å². The number of anilines is 1. The third kappa shape index (κ3) is 3.27. The van der Waals surface area contributed by atoms with Gasteiger partial charge in [0.2, 0.25) is 0 Å². The van der Waals surface area contributed by atoms with Crippen molar-refractivity contribution in [2.24, 2.45) is 0 Å². The first kappa shape index (κ1) is 12.5. The molecule has 0 atom stereocenters. The monoisotopic (exact) mass is 307 g/mol. The van der Waals surface area contributed by atoms with E-state index in [1.54, 1.807) is 0 Å². The molecule has 88 valence electrons. The number of nitrogens with two attached hydrogens (primary N) is 1. The van der Waals surface area contributed by atoms with Gasteiger partial charge in [-0.1, -0.05) is 34.1 Å². The standard InChI is InChI=1S/C14H14BrNS/c1-10-13(16)6-3-7-14(10)17-9-11-4-2-5-12(15)8-11/h2-8H,9,16H2,1H3. The number of hydrogen-bond acceptors (Lipinski definition) is 2. The summed E-state index contributed by atoms with van der Waals surface area (Å²) in [5.41, 5.74) is 9.24. The SMILES string of the molecule is Cc1c(N)cccc1SCc1cccc(Br)c1. The van der Waals surface area contributed by atoms with Gasteiger partial charge in [-0.25, -0.2) is 0 Å². The third-order valence-electron chi connectivity index (χ3n) is 2.61. The van der Waals surface area contributed by atoms with Gasteiger partial charge in [0.15, 0.2) is 0 Å². The minimum Gasteiger partial charge on any atom is -0.398 e. The maximum absolute atomic E-state index is 5.89. The zero-order chi connectivity index (χ0) is 12.3. The molecule has 0 amide bonds. The lowest BCUT2D eigenvalue weighted by Gasteiger charge is -2.08. The Hall–Kier alpha value is -0.930. The highest BCUT2D eigenvalue weighted by Crippen LogP contribution is 2.29. The van der Waals surface area contributed by atoms with Crippen LogP contribution in [0.5, 0.6) is 0 Å². The fourth-order valence-corrected chi connectivity index (χ4v) is 3.03. The molecule has 2 N–H and O–H groups in total. The van der Waals surface area contributed by atoms with Gasteiger partial charge in [0, 0.05) is 20.8 Å². The molecule has 3 heteroatoms. The Morgan fingerprint density at radius 2 is 1.94 bits per heavy atom. The molecule has 2 rings (SSSR count). The Morgan fingerprint density at radius 3 is 2.71 bits per heavy atom. The van der Waals surface area contributed by atoms with Crippen molar-refractivity contribution in [3.05, 3.63) is 58.1 Å². The molecule has 17 heavy (non-hydrogen) atoms. The molecule has 0 fully saturated rings. The lowest BCUT2D eigenvalue weighted by Crippen LogP contribution is -1.91. The average molecular weight is 308 g/mol. The van der Waals surface area contributed by atoms with Crippen LogP contribution in [0.15, 0.2) is 51.8 Å². The summed E-state index contributed by atoms with van der Waals surface area (Å²) < 4.78 is 1.12. The van der Waals surface area contributed by atoms with Gasteiger partial charge in [0.25, 0.3) is 0 Å². The molecule has 0 unspecified atom stereocenters. The maximum atomic E-state index is 5.89.